The summed E-state index contributed by atoms with van der Waals surface area (Å²) in [4.78, 5) is 19.9. The monoisotopic (exact) mass is 240 g/mol. The van der Waals surface area contributed by atoms with Crippen LogP contribution < -0.4 is 5.73 Å². The lowest BCUT2D eigenvalue weighted by Crippen LogP contribution is -1.94. The van der Waals surface area contributed by atoms with Gasteiger partial charge in [0.2, 0.25) is 0 Å². The fourth-order valence-electron chi connectivity index (χ4n) is 1.28. The second-order valence-corrected chi connectivity index (χ2v) is 3.73. The molecule has 2 aromatic rings. The largest absolute Gasteiger partial charge is 0.389 e. The van der Waals surface area contributed by atoms with Crippen molar-refractivity contribution in [1.82, 2.24) is 4.37 Å². The highest BCUT2D eigenvalue weighted by molar-refractivity contribution is 7.11. The summed E-state index contributed by atoms with van der Waals surface area (Å²) >= 11 is 0.870. The van der Waals surface area contributed by atoms with Gasteiger partial charge in [0.1, 0.15) is 5.00 Å². The second kappa shape index (κ2) is 3.38. The van der Waals surface area contributed by atoms with Crippen molar-refractivity contribution in [2.24, 2.45) is 0 Å². The number of nitrogens with two attached hydrogens (primary N) is 1. The first-order chi connectivity index (χ1) is 7.50. The molecule has 2 N–H and O–H groups in total. The zero-order chi connectivity index (χ0) is 11.9. The van der Waals surface area contributed by atoms with Crippen molar-refractivity contribution in [3.8, 4) is 0 Å². The lowest BCUT2D eigenvalue weighted by molar-refractivity contribution is -0.393. The number of aromatic nitrogens is 1. The number of anilines is 1. The highest BCUT2D eigenvalue weighted by atomic mass is 32.1. The molecule has 0 bridgehead atoms. The number of nitro benzene ring substituents is 2. The summed E-state index contributed by atoms with van der Waals surface area (Å²) in [6.07, 6.45) is 0. The topological polar surface area (TPSA) is 125 Å². The lowest BCUT2D eigenvalue weighted by Gasteiger charge is -1.94. The molecule has 0 amide bonds. The highest BCUT2D eigenvalue weighted by Crippen LogP contribution is 2.35. The van der Waals surface area contributed by atoms with E-state index in [0.717, 1.165) is 17.6 Å². The van der Waals surface area contributed by atoms with E-state index < -0.39 is 15.5 Å². The van der Waals surface area contributed by atoms with Crippen LogP contribution >= 0.6 is 11.5 Å². The molecular weight excluding hydrogens is 236 g/mol. The Balaban J connectivity index is 2.86. The van der Waals surface area contributed by atoms with Crippen molar-refractivity contribution in [3.63, 3.8) is 0 Å². The number of nitro groups is 2. The zero-order valence-electron chi connectivity index (χ0n) is 7.61. The van der Waals surface area contributed by atoms with Crippen molar-refractivity contribution >= 4 is 38.8 Å². The van der Waals surface area contributed by atoms with Gasteiger partial charge in [-0.2, -0.15) is 4.37 Å². The number of fused-ring (bicyclic) bond motifs is 1. The van der Waals surface area contributed by atoms with Gasteiger partial charge < -0.3 is 5.73 Å². The standard InChI is InChI=1S/C7H4N4O4S/c8-7-4-1-3(10(12)13)2-5(11(14)15)6(4)9-16-7/h1-2H,8H2. The van der Waals surface area contributed by atoms with Gasteiger partial charge in [0.05, 0.1) is 21.3 Å². The summed E-state index contributed by atoms with van der Waals surface area (Å²) in [5.74, 6) is 0. The van der Waals surface area contributed by atoms with E-state index in [0.29, 0.717) is 0 Å². The number of hydrogen-bond donors (Lipinski definition) is 1. The van der Waals surface area contributed by atoms with Crippen molar-refractivity contribution in [2.45, 2.75) is 0 Å². The van der Waals surface area contributed by atoms with E-state index in [4.69, 9.17) is 5.73 Å². The van der Waals surface area contributed by atoms with E-state index >= 15 is 0 Å². The molecule has 0 radical (unpaired) electrons. The van der Waals surface area contributed by atoms with E-state index in [2.05, 4.69) is 4.37 Å². The van der Waals surface area contributed by atoms with Crippen LogP contribution in [0.25, 0.3) is 10.9 Å². The Bertz CT molecular complexity index is 608. The molecule has 2 rings (SSSR count). The normalized spacial score (nSPS) is 10.5. The van der Waals surface area contributed by atoms with Crippen LogP contribution in [0, 0.1) is 20.2 Å². The molecule has 1 heterocycles. The van der Waals surface area contributed by atoms with E-state index in [9.17, 15) is 20.2 Å². The fraction of sp³-hybridized carbons (Fsp3) is 0. The van der Waals surface area contributed by atoms with E-state index in [-0.39, 0.29) is 21.6 Å². The maximum atomic E-state index is 10.7. The van der Waals surface area contributed by atoms with Gasteiger partial charge in [0.25, 0.3) is 5.69 Å². The predicted molar refractivity (Wildman–Crippen MR) is 57.3 cm³/mol. The van der Waals surface area contributed by atoms with Crippen LogP contribution in [-0.2, 0) is 0 Å². The summed E-state index contributed by atoms with van der Waals surface area (Å²) in [6.45, 7) is 0. The molecule has 0 aliphatic carbocycles. The third-order valence-electron chi connectivity index (χ3n) is 1.98. The van der Waals surface area contributed by atoms with Gasteiger partial charge >= 0.3 is 5.69 Å². The summed E-state index contributed by atoms with van der Waals surface area (Å²) < 4.78 is 3.79. The second-order valence-electron chi connectivity index (χ2n) is 2.92. The molecular formula is C7H4N4O4S. The third-order valence-corrected chi connectivity index (χ3v) is 2.67. The molecule has 0 aliphatic heterocycles. The number of nitrogen functional groups attached to an aromatic ring is 1. The number of nitrogens with zero attached hydrogens (tertiary/aromatic N) is 3. The Kier molecular flexibility index (Phi) is 2.16. The van der Waals surface area contributed by atoms with Crippen LogP contribution in [0.2, 0.25) is 0 Å². The summed E-state index contributed by atoms with van der Waals surface area (Å²) in [7, 11) is 0. The average Bonchev–Trinajstić information content (AvgIpc) is 2.59. The number of non-ortho nitro benzene ring substituents is 2. The Morgan fingerprint density at radius 1 is 1.25 bits per heavy atom. The molecule has 8 nitrogen and oxygen atoms in total. The molecule has 1 aromatic carbocycles. The van der Waals surface area contributed by atoms with Gasteiger partial charge in [-0.3, -0.25) is 20.2 Å². The first kappa shape index (κ1) is 10.2. The van der Waals surface area contributed by atoms with Crippen LogP contribution in [0.1, 0.15) is 0 Å². The third kappa shape index (κ3) is 1.42. The quantitative estimate of drug-likeness (QED) is 0.628. The lowest BCUT2D eigenvalue weighted by atomic mass is 10.2. The molecule has 0 fully saturated rings. The SMILES string of the molecule is Nc1snc2c([N+](=O)[O-])cc([N+](=O)[O-])cc12. The Morgan fingerprint density at radius 2 is 1.94 bits per heavy atom. The minimum absolute atomic E-state index is 0.0816. The minimum atomic E-state index is -0.714. The average molecular weight is 240 g/mol. The first-order valence-corrected chi connectivity index (χ1v) is 4.75. The molecule has 0 saturated heterocycles. The van der Waals surface area contributed by atoms with E-state index in [1.54, 1.807) is 0 Å². The van der Waals surface area contributed by atoms with Crippen LogP contribution in [0.3, 0.4) is 0 Å². The molecule has 0 saturated carbocycles. The van der Waals surface area contributed by atoms with Crippen molar-refractivity contribution in [1.29, 1.82) is 0 Å². The first-order valence-electron chi connectivity index (χ1n) is 3.98. The van der Waals surface area contributed by atoms with Crippen LogP contribution in [0.4, 0.5) is 16.4 Å². The molecule has 82 valence electrons. The minimum Gasteiger partial charge on any atom is -0.389 e. The Hall–Kier alpha value is -2.29. The van der Waals surface area contributed by atoms with Gasteiger partial charge in [0, 0.05) is 6.07 Å². The smallest absolute Gasteiger partial charge is 0.303 e. The van der Waals surface area contributed by atoms with E-state index in [1.807, 2.05) is 0 Å². The number of rotatable bonds is 2. The number of benzene rings is 1. The van der Waals surface area contributed by atoms with Crippen LogP contribution in [0.5, 0.6) is 0 Å². The van der Waals surface area contributed by atoms with Gasteiger partial charge in [-0.15, -0.1) is 0 Å². The zero-order valence-corrected chi connectivity index (χ0v) is 8.43. The molecule has 0 aliphatic rings. The van der Waals surface area contributed by atoms with E-state index in [1.165, 1.54) is 6.07 Å². The molecule has 16 heavy (non-hydrogen) atoms. The molecule has 0 spiro atoms. The molecule has 0 atom stereocenters. The Morgan fingerprint density at radius 3 is 2.50 bits per heavy atom. The van der Waals surface area contributed by atoms with Gasteiger partial charge in [-0.1, -0.05) is 0 Å². The predicted octanol–water partition coefficient (Wildman–Crippen LogP) is 1.69. The summed E-state index contributed by atoms with van der Waals surface area (Å²) in [5, 5.41) is 21.7. The molecule has 9 heteroatoms. The maximum Gasteiger partial charge on any atom is 0.303 e. The van der Waals surface area contributed by atoms with Gasteiger partial charge in [-0.05, 0) is 11.5 Å². The van der Waals surface area contributed by atoms with Crippen LogP contribution in [-0.4, -0.2) is 14.2 Å². The van der Waals surface area contributed by atoms with Crippen molar-refractivity contribution in [3.05, 3.63) is 32.4 Å². The molecule has 1 aromatic heterocycles. The number of hydrogen-bond acceptors (Lipinski definition) is 7. The summed E-state index contributed by atoms with van der Waals surface area (Å²) in [5.41, 5.74) is 4.83. The highest BCUT2D eigenvalue weighted by Gasteiger charge is 2.22. The van der Waals surface area contributed by atoms with Crippen molar-refractivity contribution in [2.75, 3.05) is 5.73 Å². The fourth-order valence-corrected chi connectivity index (χ4v) is 1.91. The maximum absolute atomic E-state index is 10.7. The van der Waals surface area contributed by atoms with Gasteiger partial charge in [-0.25, -0.2) is 0 Å². The molecule has 0 unspecified atom stereocenters. The summed E-state index contributed by atoms with van der Waals surface area (Å²) in [6, 6.07) is 2.06. The Labute approximate surface area is 91.8 Å². The van der Waals surface area contributed by atoms with Gasteiger partial charge in [0.15, 0.2) is 5.52 Å². The van der Waals surface area contributed by atoms with Crippen molar-refractivity contribution < 1.29 is 9.85 Å². The van der Waals surface area contributed by atoms with Crippen LogP contribution in [0.15, 0.2) is 12.1 Å².